The quantitative estimate of drug-likeness (QED) is 0.163. The van der Waals surface area contributed by atoms with Crippen molar-refractivity contribution in [3.63, 3.8) is 0 Å². The van der Waals surface area contributed by atoms with E-state index < -0.39 is 0 Å². The van der Waals surface area contributed by atoms with Crippen LogP contribution in [0.15, 0.2) is 206 Å². The van der Waals surface area contributed by atoms with E-state index in [-0.39, 0.29) is 0 Å². The van der Waals surface area contributed by atoms with Crippen molar-refractivity contribution >= 4 is 85.6 Å². The molecule has 0 aliphatic carbocycles. The fourth-order valence-corrected chi connectivity index (χ4v) is 10.8. The minimum absolute atomic E-state index is 0.624. The molecule has 0 atom stereocenters. The summed E-state index contributed by atoms with van der Waals surface area (Å²) in [6.07, 6.45) is 0. The second-order valence-corrected chi connectivity index (χ2v) is 17.0. The first-order valence-electron chi connectivity index (χ1n) is 20.9. The summed E-state index contributed by atoms with van der Waals surface area (Å²) in [5, 5.41) is 12.0. The molecule has 3 heterocycles. The highest BCUT2D eigenvalue weighted by atomic mass is 32.1. The zero-order chi connectivity index (χ0) is 40.7. The Labute approximate surface area is 360 Å². The second kappa shape index (κ2) is 13.8. The summed E-state index contributed by atoms with van der Waals surface area (Å²) in [6.45, 7) is 0. The largest absolute Gasteiger partial charge is 0.309 e. The first kappa shape index (κ1) is 34.8. The highest BCUT2D eigenvalue weighted by molar-refractivity contribution is 7.26. The summed E-state index contributed by atoms with van der Waals surface area (Å²) < 4.78 is 4.92. The normalized spacial score (nSPS) is 11.9. The van der Waals surface area contributed by atoms with Gasteiger partial charge in [-0.2, -0.15) is 0 Å². The smallest absolute Gasteiger partial charge is 0.164 e. The Morgan fingerprint density at radius 1 is 0.323 bits per heavy atom. The first-order valence-corrected chi connectivity index (χ1v) is 21.7. The molecule has 288 valence electrons. The molecule has 13 rings (SSSR count). The van der Waals surface area contributed by atoms with Crippen LogP contribution >= 0.6 is 11.3 Å². The van der Waals surface area contributed by atoms with Gasteiger partial charge in [-0.15, -0.1) is 11.3 Å². The molecule has 0 aliphatic rings. The van der Waals surface area contributed by atoms with E-state index in [1.807, 2.05) is 29.5 Å². The van der Waals surface area contributed by atoms with Crippen molar-refractivity contribution in [3.8, 4) is 51.0 Å². The van der Waals surface area contributed by atoms with E-state index >= 15 is 0 Å². The van der Waals surface area contributed by atoms with Crippen molar-refractivity contribution < 1.29 is 0 Å². The average molecular weight is 807 g/mol. The van der Waals surface area contributed by atoms with Gasteiger partial charge in [0, 0.05) is 58.9 Å². The zero-order valence-corrected chi connectivity index (χ0v) is 34.1. The molecule has 0 saturated carbocycles. The summed E-state index contributed by atoms with van der Waals surface area (Å²) in [5.74, 6) is 1.89. The van der Waals surface area contributed by atoms with Gasteiger partial charge in [-0.3, -0.25) is 0 Å². The average Bonchev–Trinajstić information content (AvgIpc) is 3.88. The van der Waals surface area contributed by atoms with E-state index in [9.17, 15) is 0 Å². The lowest BCUT2D eigenvalue weighted by Gasteiger charge is -2.16. The van der Waals surface area contributed by atoms with Crippen molar-refractivity contribution in [1.82, 2.24) is 19.5 Å². The number of hydrogen-bond donors (Lipinski definition) is 0. The number of para-hydroxylation sites is 1. The SMILES string of the molecule is c1ccc(-c2nc(-c3ccc(-n4c5ccccc5c5cc6ccccc6cc54)cc3-c3cccc4c3sc3ccccc34)nc(-c3cc4ccccc4c4ccccc34)n2)cc1. The molecule has 62 heavy (non-hydrogen) atoms. The number of nitrogens with zero attached hydrogens (tertiary/aromatic N) is 4. The minimum Gasteiger partial charge on any atom is -0.309 e. The van der Waals surface area contributed by atoms with Gasteiger partial charge in [-0.05, 0) is 86.4 Å². The topological polar surface area (TPSA) is 43.6 Å². The standard InChI is InChI=1S/C57H34N4S/c1-2-15-35(16-3-1)55-58-56(60-57(59-55)50-32-38-19-6-7-20-40(38)41-21-8-9-22-42(41)50)47-30-29-39(34-48(47)46-26-14-25-45-44-24-11-13-28-53(44)62-54(45)46)61-51-27-12-10-23-43(51)49-31-36-17-4-5-18-37(36)33-52(49)61/h1-34H. The molecular weight excluding hydrogens is 773 g/mol. The number of aromatic nitrogens is 4. The van der Waals surface area contributed by atoms with E-state index in [0.29, 0.717) is 17.5 Å². The Kier molecular flexibility index (Phi) is 7.74. The monoisotopic (exact) mass is 806 g/mol. The van der Waals surface area contributed by atoms with Crippen LogP contribution in [0.4, 0.5) is 0 Å². The third kappa shape index (κ3) is 5.42. The van der Waals surface area contributed by atoms with Gasteiger partial charge in [0.2, 0.25) is 0 Å². The van der Waals surface area contributed by atoms with Crippen LogP contribution < -0.4 is 0 Å². The van der Waals surface area contributed by atoms with Crippen molar-refractivity contribution in [2.45, 2.75) is 0 Å². The number of fused-ring (bicyclic) bond motifs is 10. The molecule has 0 spiro atoms. The van der Waals surface area contributed by atoms with Crippen LogP contribution in [0.3, 0.4) is 0 Å². The van der Waals surface area contributed by atoms with Crippen LogP contribution in [0.25, 0.3) is 125 Å². The fourth-order valence-electron chi connectivity index (χ4n) is 9.55. The third-order valence-corrected chi connectivity index (χ3v) is 13.6. The van der Waals surface area contributed by atoms with Crippen molar-refractivity contribution in [2.24, 2.45) is 0 Å². The third-order valence-electron chi connectivity index (χ3n) is 12.4. The van der Waals surface area contributed by atoms with Crippen LogP contribution in [-0.2, 0) is 0 Å². The molecule has 0 bridgehead atoms. The second-order valence-electron chi connectivity index (χ2n) is 15.9. The van der Waals surface area contributed by atoms with Crippen LogP contribution in [0.5, 0.6) is 0 Å². The Hall–Kier alpha value is -7.99. The maximum Gasteiger partial charge on any atom is 0.164 e. The Bertz CT molecular complexity index is 3940. The maximum absolute atomic E-state index is 5.47. The van der Waals surface area contributed by atoms with E-state index in [2.05, 4.69) is 193 Å². The Morgan fingerprint density at radius 3 is 1.79 bits per heavy atom. The molecule has 10 aromatic carbocycles. The molecule has 0 unspecified atom stereocenters. The molecule has 0 radical (unpaired) electrons. The number of rotatable bonds is 5. The number of hydrogen-bond acceptors (Lipinski definition) is 4. The lowest BCUT2D eigenvalue weighted by molar-refractivity contribution is 1.08. The van der Waals surface area contributed by atoms with Gasteiger partial charge in [0.1, 0.15) is 0 Å². The zero-order valence-electron chi connectivity index (χ0n) is 33.3. The molecule has 0 amide bonds. The van der Waals surface area contributed by atoms with E-state index in [1.165, 1.54) is 58.0 Å². The molecule has 4 nitrogen and oxygen atoms in total. The summed E-state index contributed by atoms with van der Waals surface area (Å²) in [5.41, 5.74) is 8.45. The van der Waals surface area contributed by atoms with E-state index in [1.54, 1.807) is 0 Å². The van der Waals surface area contributed by atoms with Crippen molar-refractivity contribution in [3.05, 3.63) is 206 Å². The Balaban J connectivity index is 1.12. The molecular formula is C57H34N4S. The lowest BCUT2D eigenvalue weighted by atomic mass is 9.95. The van der Waals surface area contributed by atoms with Gasteiger partial charge in [0.25, 0.3) is 0 Å². The van der Waals surface area contributed by atoms with Gasteiger partial charge in [-0.25, -0.2) is 15.0 Å². The van der Waals surface area contributed by atoms with Gasteiger partial charge in [-0.1, -0.05) is 158 Å². The minimum atomic E-state index is 0.624. The van der Waals surface area contributed by atoms with E-state index in [4.69, 9.17) is 15.0 Å². The molecule has 13 aromatic rings. The first-order chi connectivity index (χ1) is 30.7. The van der Waals surface area contributed by atoms with Crippen LogP contribution in [0, 0.1) is 0 Å². The summed E-state index contributed by atoms with van der Waals surface area (Å²) in [7, 11) is 0. The summed E-state index contributed by atoms with van der Waals surface area (Å²) in [6, 6.07) is 74.0. The van der Waals surface area contributed by atoms with Gasteiger partial charge in [0.15, 0.2) is 17.5 Å². The predicted molar refractivity (Wildman–Crippen MR) is 261 cm³/mol. The van der Waals surface area contributed by atoms with Gasteiger partial charge in [0.05, 0.1) is 11.0 Å². The maximum atomic E-state index is 5.47. The van der Waals surface area contributed by atoms with Gasteiger partial charge >= 0.3 is 0 Å². The lowest BCUT2D eigenvalue weighted by Crippen LogP contribution is -2.02. The fraction of sp³-hybridized carbons (Fsp3) is 0. The molecule has 0 saturated heterocycles. The van der Waals surface area contributed by atoms with Crippen molar-refractivity contribution in [2.75, 3.05) is 0 Å². The predicted octanol–water partition coefficient (Wildman–Crippen LogP) is 15.5. The summed E-state index contributed by atoms with van der Waals surface area (Å²) >= 11 is 1.84. The van der Waals surface area contributed by atoms with Gasteiger partial charge < -0.3 is 4.57 Å². The Morgan fingerprint density at radius 2 is 0.952 bits per heavy atom. The highest BCUT2D eigenvalue weighted by Crippen LogP contribution is 2.45. The number of benzene rings is 10. The van der Waals surface area contributed by atoms with Crippen molar-refractivity contribution in [1.29, 1.82) is 0 Å². The van der Waals surface area contributed by atoms with Crippen LogP contribution in [0.1, 0.15) is 0 Å². The molecule has 0 fully saturated rings. The number of thiophene rings is 1. The molecule has 0 aliphatic heterocycles. The molecule has 5 heteroatoms. The van der Waals surface area contributed by atoms with Crippen LogP contribution in [-0.4, -0.2) is 19.5 Å². The molecule has 3 aromatic heterocycles. The van der Waals surface area contributed by atoms with Crippen LogP contribution in [0.2, 0.25) is 0 Å². The molecule has 0 N–H and O–H groups in total. The van der Waals surface area contributed by atoms with E-state index in [0.717, 1.165) is 49.8 Å². The highest BCUT2D eigenvalue weighted by Gasteiger charge is 2.22. The summed E-state index contributed by atoms with van der Waals surface area (Å²) in [4.78, 5) is 16.1.